The molecule has 5 atom stereocenters. The fourth-order valence-corrected chi connectivity index (χ4v) is 8.07. The molecule has 0 radical (unpaired) electrons. The van der Waals surface area contributed by atoms with Crippen LogP contribution in [0, 0.1) is 5.92 Å². The minimum atomic E-state index is -1.38. The van der Waals surface area contributed by atoms with E-state index in [4.69, 9.17) is 4.74 Å². The smallest absolute Gasteiger partial charge is 0.408 e. The first-order valence-electron chi connectivity index (χ1n) is 17.3. The van der Waals surface area contributed by atoms with Crippen LogP contribution in [0.15, 0.2) is 40.0 Å². The molecule has 3 fully saturated rings. The third kappa shape index (κ3) is 7.38. The largest absolute Gasteiger partial charge is 0.479 e. The fourth-order valence-electron chi connectivity index (χ4n) is 7.42. The van der Waals surface area contributed by atoms with E-state index in [2.05, 4.69) is 20.6 Å². The molecule has 2 aromatic rings. The third-order valence-electron chi connectivity index (χ3n) is 10.0. The zero-order chi connectivity index (χ0) is 34.9. The number of carboxylic acids is 1. The van der Waals surface area contributed by atoms with Crippen molar-refractivity contribution in [3.05, 3.63) is 45.5 Å². The summed E-state index contributed by atoms with van der Waals surface area (Å²) in [6.45, 7) is 6.48. The van der Waals surface area contributed by atoms with Gasteiger partial charge in [0.15, 0.2) is 0 Å². The van der Waals surface area contributed by atoms with E-state index in [9.17, 15) is 29.1 Å². The minimum absolute atomic E-state index is 0.0203. The Balaban J connectivity index is 1.35. The summed E-state index contributed by atoms with van der Waals surface area (Å²) in [7, 11) is 0. The normalized spacial score (nSPS) is 27.8. The van der Waals surface area contributed by atoms with Crippen LogP contribution in [-0.2, 0) is 19.1 Å². The zero-order valence-electron chi connectivity index (χ0n) is 28.4. The molecule has 1 aliphatic carbocycles. The Labute approximate surface area is 289 Å². The number of carbonyl (C=O) groups excluding carboxylic acids is 3. The molecule has 3 N–H and O–H groups in total. The molecule has 1 saturated carbocycles. The van der Waals surface area contributed by atoms with Gasteiger partial charge < -0.3 is 30.3 Å². The van der Waals surface area contributed by atoms with E-state index in [0.717, 1.165) is 31.2 Å². The van der Waals surface area contributed by atoms with Crippen LogP contribution < -0.4 is 21.1 Å². The molecule has 6 rings (SSSR count). The van der Waals surface area contributed by atoms with Crippen LogP contribution in [0.1, 0.15) is 84.6 Å². The van der Waals surface area contributed by atoms with Crippen LogP contribution in [0.2, 0.25) is 0 Å². The number of amides is 3. The van der Waals surface area contributed by atoms with Crippen molar-refractivity contribution in [1.29, 1.82) is 0 Å². The van der Waals surface area contributed by atoms with Gasteiger partial charge in [0.2, 0.25) is 11.8 Å². The van der Waals surface area contributed by atoms with Crippen molar-refractivity contribution in [3.63, 3.8) is 0 Å². The number of nitrogens with one attached hydrogen (secondary N) is 2. The summed E-state index contributed by atoms with van der Waals surface area (Å²) in [6.07, 6.45) is 10.6. The number of carbonyl (C=O) groups is 4. The average molecular weight is 695 g/mol. The van der Waals surface area contributed by atoms with Gasteiger partial charge in [-0.05, 0) is 62.8 Å². The van der Waals surface area contributed by atoms with E-state index in [1.807, 2.05) is 29.0 Å². The number of carboxylic acid groups (broad SMARTS) is 1. The average Bonchev–Trinajstić information content (AvgIpc) is 3.56. The third-order valence-corrected chi connectivity index (χ3v) is 10.7. The lowest BCUT2D eigenvalue weighted by Gasteiger charge is -2.30. The van der Waals surface area contributed by atoms with Gasteiger partial charge in [-0.1, -0.05) is 44.3 Å². The number of anilines is 1. The molecule has 0 aromatic carbocycles. The Morgan fingerprint density at radius 1 is 1.08 bits per heavy atom. The topological polar surface area (TPSA) is 163 Å². The molecule has 2 aromatic heterocycles. The molecule has 5 heterocycles. The predicted molar refractivity (Wildman–Crippen MR) is 184 cm³/mol. The van der Waals surface area contributed by atoms with Crippen LogP contribution in [0.4, 0.5) is 10.5 Å². The number of alkyl carbamates (subject to hydrolysis) is 1. The summed E-state index contributed by atoms with van der Waals surface area (Å²) in [4.78, 5) is 71.7. The van der Waals surface area contributed by atoms with Crippen molar-refractivity contribution < 1.29 is 29.0 Å². The molecule has 14 heteroatoms. The molecule has 0 bridgehead atoms. The number of hydrogen-bond donors (Lipinski definition) is 3. The maximum Gasteiger partial charge on any atom is 0.408 e. The Kier molecular flexibility index (Phi) is 9.88. The van der Waals surface area contributed by atoms with Crippen LogP contribution in [0.3, 0.4) is 0 Å². The van der Waals surface area contributed by atoms with E-state index < -0.39 is 53.1 Å². The second kappa shape index (κ2) is 14.0. The first-order chi connectivity index (χ1) is 23.4. The van der Waals surface area contributed by atoms with Gasteiger partial charge in [-0.2, -0.15) is 16.4 Å². The summed E-state index contributed by atoms with van der Waals surface area (Å²) < 4.78 is 6.84. The van der Waals surface area contributed by atoms with Crippen LogP contribution in [0.5, 0.6) is 0 Å². The molecule has 0 spiro atoms. The van der Waals surface area contributed by atoms with Gasteiger partial charge in [0.05, 0.1) is 23.5 Å². The number of rotatable bonds is 5. The van der Waals surface area contributed by atoms with E-state index in [-0.39, 0.29) is 24.4 Å². The molecular weight excluding hydrogens is 648 g/mol. The zero-order valence-corrected chi connectivity index (χ0v) is 29.2. The Bertz CT molecular complexity index is 1660. The van der Waals surface area contributed by atoms with Gasteiger partial charge in [-0.3, -0.25) is 14.4 Å². The predicted octanol–water partition coefficient (Wildman–Crippen LogP) is 4.09. The monoisotopic (exact) mass is 694 g/mol. The van der Waals surface area contributed by atoms with Gasteiger partial charge in [-0.25, -0.2) is 14.3 Å². The number of aliphatic carboxylic acids is 1. The Hall–Kier alpha value is -4.20. The van der Waals surface area contributed by atoms with Gasteiger partial charge in [0.25, 0.3) is 5.56 Å². The minimum Gasteiger partial charge on any atom is -0.479 e. The summed E-state index contributed by atoms with van der Waals surface area (Å²) in [5, 5.41) is 24.2. The number of nitrogens with zero attached hydrogens (tertiary/aromatic N) is 4. The van der Waals surface area contributed by atoms with E-state index in [1.165, 1.54) is 20.9 Å². The quantitative estimate of drug-likeness (QED) is 0.392. The fraction of sp³-hybridized carbons (Fsp3) is 0.600. The maximum atomic E-state index is 14.4. The Morgan fingerprint density at radius 3 is 2.47 bits per heavy atom. The number of hydrogen-bond acceptors (Lipinski definition) is 9. The van der Waals surface area contributed by atoms with E-state index >= 15 is 0 Å². The summed E-state index contributed by atoms with van der Waals surface area (Å²) in [5.74, 6) is -2.34. The first kappa shape index (κ1) is 34.7. The standard InChI is InChI=1S/C35H46N6O7S/c1-34(2,3)48-33(47)37-25-12-8-6-4-5-7-11-23-18-35(23,32(45)46)38-29(42)26-17-24(20-40(26)30(25)43)41-31(44)28(22-13-16-49-21-22)27(19-36-41)39-14-9-10-15-39/h9-10,13,16,19,21,23-26H,4-8,11-12,14-15,17-18,20H2,1-3H3,(H,37,47)(H,38,42)(H,45,46)/t23-,24-,25+,26?,35-/m0/s1. The van der Waals surface area contributed by atoms with E-state index in [0.29, 0.717) is 50.0 Å². The van der Waals surface area contributed by atoms with Gasteiger partial charge in [-0.15, -0.1) is 0 Å². The highest BCUT2D eigenvalue weighted by Gasteiger charge is 2.62. The second-order valence-electron chi connectivity index (χ2n) is 14.6. The number of thiophene rings is 1. The number of ether oxygens (including phenoxy) is 1. The van der Waals surface area contributed by atoms with Crippen molar-refractivity contribution in [2.24, 2.45) is 5.92 Å². The highest BCUT2D eigenvalue weighted by molar-refractivity contribution is 7.08. The Morgan fingerprint density at radius 2 is 1.80 bits per heavy atom. The van der Waals surface area contributed by atoms with Crippen LogP contribution in [-0.4, -0.2) is 86.5 Å². The van der Waals surface area contributed by atoms with Gasteiger partial charge in [0, 0.05) is 31.6 Å². The van der Waals surface area contributed by atoms with Crippen molar-refractivity contribution in [2.75, 3.05) is 24.5 Å². The summed E-state index contributed by atoms with van der Waals surface area (Å²) in [6, 6.07) is -0.846. The molecule has 3 aliphatic heterocycles. The lowest BCUT2D eigenvalue weighted by atomic mass is 10.0. The van der Waals surface area contributed by atoms with Gasteiger partial charge >= 0.3 is 12.1 Å². The molecule has 3 amide bonds. The van der Waals surface area contributed by atoms with Crippen molar-refractivity contribution in [1.82, 2.24) is 25.3 Å². The number of aromatic nitrogens is 2. The molecule has 264 valence electrons. The summed E-state index contributed by atoms with van der Waals surface area (Å²) >= 11 is 1.48. The highest BCUT2D eigenvalue weighted by Crippen LogP contribution is 2.47. The first-order valence-corrected chi connectivity index (χ1v) is 18.2. The van der Waals surface area contributed by atoms with Crippen molar-refractivity contribution >= 4 is 40.9 Å². The maximum absolute atomic E-state index is 14.4. The lowest BCUT2D eigenvalue weighted by molar-refractivity contribution is -0.146. The van der Waals surface area contributed by atoms with Crippen molar-refractivity contribution in [2.45, 2.75) is 108 Å². The van der Waals surface area contributed by atoms with Crippen LogP contribution in [0.25, 0.3) is 11.1 Å². The molecule has 49 heavy (non-hydrogen) atoms. The highest BCUT2D eigenvalue weighted by atomic mass is 32.1. The summed E-state index contributed by atoms with van der Waals surface area (Å²) in [5.41, 5.74) is -0.545. The molecule has 1 unspecified atom stereocenters. The second-order valence-corrected chi connectivity index (χ2v) is 15.4. The van der Waals surface area contributed by atoms with E-state index in [1.54, 1.807) is 27.0 Å². The SMILES string of the molecule is CC(C)(C)OC(=O)N[C@@H]1CCCCCCC[C@H]2C[C@]2(C(=O)O)NC(=O)C2C[C@H](n3ncc(N4CC=CC4)c(-c4ccsc4)c3=O)CN2C1=O. The van der Waals surface area contributed by atoms with Gasteiger partial charge in [0.1, 0.15) is 23.2 Å². The molecule has 2 saturated heterocycles. The van der Waals surface area contributed by atoms with Crippen LogP contribution >= 0.6 is 11.3 Å². The van der Waals surface area contributed by atoms with Crippen molar-refractivity contribution in [3.8, 4) is 11.1 Å². The lowest BCUT2D eigenvalue weighted by Crippen LogP contribution is -2.56. The number of fused-ring (bicyclic) bond motifs is 2. The molecule has 13 nitrogen and oxygen atoms in total. The molecule has 4 aliphatic rings. The molecular formula is C35H46N6O7S.